The minimum Gasteiger partial charge on any atom is -0.487 e. The number of nitriles is 1. The van der Waals surface area contributed by atoms with E-state index in [9.17, 15) is 18.0 Å². The number of ether oxygens (including phenoxy) is 3. The fourth-order valence-corrected chi connectivity index (χ4v) is 3.77. The molecule has 2 heterocycles. The van der Waals surface area contributed by atoms with Gasteiger partial charge in [-0.3, -0.25) is 0 Å². The molecule has 1 aromatic heterocycles. The van der Waals surface area contributed by atoms with Crippen LogP contribution in [0, 0.1) is 11.3 Å². The van der Waals surface area contributed by atoms with Gasteiger partial charge in [0.1, 0.15) is 6.07 Å². The highest BCUT2D eigenvalue weighted by molar-refractivity contribution is 5.68. The van der Waals surface area contributed by atoms with Crippen LogP contribution in [0.4, 0.5) is 18.0 Å². The summed E-state index contributed by atoms with van der Waals surface area (Å²) in [5.74, 6) is 0.494. The topological polar surface area (TPSA) is 84.7 Å². The maximum absolute atomic E-state index is 12.5. The molecule has 10 heteroatoms. The number of likely N-dealkylation sites (tertiary alicyclic amines) is 1. The van der Waals surface area contributed by atoms with Crippen LogP contribution >= 0.6 is 0 Å². The summed E-state index contributed by atoms with van der Waals surface area (Å²) >= 11 is 0. The Kier molecular flexibility index (Phi) is 7.59. The molecule has 170 valence electrons. The Morgan fingerprint density at radius 1 is 1.16 bits per heavy atom. The molecule has 1 saturated carbocycles. The highest BCUT2D eigenvalue weighted by Gasteiger charge is 2.40. The van der Waals surface area contributed by atoms with Gasteiger partial charge in [0.05, 0.1) is 18.3 Å². The monoisotopic (exact) mass is 441 g/mol. The number of nitrogens with zero attached hydrogens (tertiary/aromatic N) is 3. The molecule has 1 aromatic rings. The number of alkyl halides is 3. The average Bonchev–Trinajstić information content (AvgIpc) is 2.75. The summed E-state index contributed by atoms with van der Waals surface area (Å²) in [7, 11) is 0. The van der Waals surface area contributed by atoms with E-state index in [4.69, 9.17) is 14.7 Å². The van der Waals surface area contributed by atoms with Crippen molar-refractivity contribution in [3.8, 4) is 11.8 Å². The summed E-state index contributed by atoms with van der Waals surface area (Å²) in [6, 6.07) is 5.50. The second kappa shape index (κ2) is 10.2. The molecule has 7 nitrogen and oxygen atoms in total. The number of carbonyl (C=O) groups is 1. The lowest BCUT2D eigenvalue weighted by Crippen LogP contribution is -2.44. The quantitative estimate of drug-likeness (QED) is 0.681. The molecule has 0 bridgehead atoms. The molecule has 1 aliphatic carbocycles. The lowest BCUT2D eigenvalue weighted by Gasteiger charge is -2.36. The minimum absolute atomic E-state index is 0.00314. The fraction of sp³-hybridized carbons (Fsp3) is 0.667. The van der Waals surface area contributed by atoms with Gasteiger partial charge < -0.3 is 19.1 Å². The Hall–Kier alpha value is -2.54. The van der Waals surface area contributed by atoms with E-state index in [0.29, 0.717) is 31.7 Å². The lowest BCUT2D eigenvalue weighted by molar-refractivity contribution is -0.200. The maximum atomic E-state index is 12.5. The van der Waals surface area contributed by atoms with E-state index < -0.39 is 18.4 Å². The molecule has 1 aliphatic heterocycles. The first kappa shape index (κ1) is 23.1. The predicted molar refractivity (Wildman–Crippen MR) is 103 cm³/mol. The first-order valence-corrected chi connectivity index (χ1v) is 10.5. The zero-order valence-corrected chi connectivity index (χ0v) is 17.3. The Labute approximate surface area is 179 Å². The molecule has 31 heavy (non-hydrogen) atoms. The van der Waals surface area contributed by atoms with Gasteiger partial charge in [-0.25, -0.2) is 9.78 Å². The summed E-state index contributed by atoms with van der Waals surface area (Å²) in [6.45, 7) is 1.44. The van der Waals surface area contributed by atoms with Gasteiger partial charge in [0, 0.05) is 19.3 Å². The highest BCUT2D eigenvalue weighted by Crippen LogP contribution is 2.29. The van der Waals surface area contributed by atoms with Gasteiger partial charge in [-0.15, -0.1) is 0 Å². The van der Waals surface area contributed by atoms with Crippen LogP contribution in [0.15, 0.2) is 18.3 Å². The van der Waals surface area contributed by atoms with Gasteiger partial charge in [-0.05, 0) is 57.6 Å². The van der Waals surface area contributed by atoms with Gasteiger partial charge in [-0.1, -0.05) is 0 Å². The second-order valence-corrected chi connectivity index (χ2v) is 7.87. The van der Waals surface area contributed by atoms with E-state index in [1.807, 2.05) is 6.07 Å². The van der Waals surface area contributed by atoms with Crippen LogP contribution < -0.4 is 4.74 Å². The van der Waals surface area contributed by atoms with Crippen molar-refractivity contribution >= 4 is 6.09 Å². The third-order valence-electron chi connectivity index (χ3n) is 5.62. The molecule has 0 unspecified atom stereocenters. The first-order valence-electron chi connectivity index (χ1n) is 10.5. The van der Waals surface area contributed by atoms with E-state index >= 15 is 0 Å². The lowest BCUT2D eigenvalue weighted by atomic mass is 9.94. The van der Waals surface area contributed by atoms with Crippen molar-refractivity contribution in [2.24, 2.45) is 0 Å². The number of piperidine rings is 1. The summed E-state index contributed by atoms with van der Waals surface area (Å²) in [6.07, 6.45) is -1.66. The van der Waals surface area contributed by atoms with E-state index in [1.54, 1.807) is 18.3 Å². The largest absolute Gasteiger partial charge is 0.487 e. The molecule has 0 aromatic carbocycles. The number of aromatic nitrogens is 1. The summed E-state index contributed by atoms with van der Waals surface area (Å²) in [5, 5.41) is 9.11. The molecule has 0 radical (unpaired) electrons. The van der Waals surface area contributed by atoms with Gasteiger partial charge in [0.2, 0.25) is 0 Å². The average molecular weight is 441 g/mol. The molecule has 1 saturated heterocycles. The van der Waals surface area contributed by atoms with Crippen LogP contribution in [0.5, 0.6) is 5.75 Å². The number of amides is 1. The summed E-state index contributed by atoms with van der Waals surface area (Å²) in [4.78, 5) is 17.2. The molecule has 0 N–H and O–H groups in total. The van der Waals surface area contributed by atoms with Crippen molar-refractivity contribution in [2.75, 3.05) is 13.1 Å². The Morgan fingerprint density at radius 3 is 2.39 bits per heavy atom. The molecular formula is C21H26F3N3O4. The number of halogens is 3. The third-order valence-corrected chi connectivity index (χ3v) is 5.62. The fourth-order valence-electron chi connectivity index (χ4n) is 3.77. The Balaban J connectivity index is 1.37. The second-order valence-electron chi connectivity index (χ2n) is 7.87. The summed E-state index contributed by atoms with van der Waals surface area (Å²) < 4.78 is 54.2. The molecule has 2 fully saturated rings. The SMILES string of the molecule is C[C@H](OC(=O)N1CCC(O[C@H]2CC[C@H](Oc3cccnc3C#N)CC2)CC1)C(F)(F)F. The Bertz CT molecular complexity index is 783. The number of carbonyl (C=O) groups excluding carboxylic acids is 1. The number of rotatable bonds is 5. The molecule has 2 aliphatic rings. The molecular weight excluding hydrogens is 415 g/mol. The smallest absolute Gasteiger partial charge is 0.425 e. The van der Waals surface area contributed by atoms with Gasteiger partial charge in [-0.2, -0.15) is 18.4 Å². The minimum atomic E-state index is -4.56. The standard InChI is InChI=1S/C21H26F3N3O4/c1-14(21(22,23)24)29-20(28)27-11-8-17(9-12-27)30-15-4-6-16(7-5-15)31-19-3-2-10-26-18(19)13-25/h2-3,10,14-17H,4-9,11-12H2,1H3/t14-,15-,16-/m0/s1. The van der Waals surface area contributed by atoms with Crippen LogP contribution in [0.2, 0.25) is 0 Å². The maximum Gasteiger partial charge on any atom is 0.425 e. The predicted octanol–water partition coefficient (Wildman–Crippen LogP) is 4.21. The van der Waals surface area contributed by atoms with Crippen LogP contribution in [-0.2, 0) is 9.47 Å². The normalized spacial score (nSPS) is 23.6. The number of pyridine rings is 1. The zero-order chi connectivity index (χ0) is 22.4. The van der Waals surface area contributed by atoms with Gasteiger partial charge >= 0.3 is 12.3 Å². The van der Waals surface area contributed by atoms with Crippen molar-refractivity contribution in [3.63, 3.8) is 0 Å². The van der Waals surface area contributed by atoms with Crippen molar-refractivity contribution in [1.29, 1.82) is 5.26 Å². The van der Waals surface area contributed by atoms with Crippen molar-refractivity contribution < 1.29 is 32.2 Å². The van der Waals surface area contributed by atoms with Crippen LogP contribution in [0.25, 0.3) is 0 Å². The molecule has 3 rings (SSSR count). The van der Waals surface area contributed by atoms with Crippen molar-refractivity contribution in [1.82, 2.24) is 9.88 Å². The van der Waals surface area contributed by atoms with E-state index in [2.05, 4.69) is 9.72 Å². The van der Waals surface area contributed by atoms with Crippen molar-refractivity contribution in [2.45, 2.75) is 76.0 Å². The number of hydrogen-bond acceptors (Lipinski definition) is 6. The first-order chi connectivity index (χ1) is 14.8. The van der Waals surface area contributed by atoms with E-state index in [1.165, 1.54) is 4.90 Å². The third kappa shape index (κ3) is 6.47. The van der Waals surface area contributed by atoms with Gasteiger partial charge in [0.25, 0.3) is 0 Å². The van der Waals surface area contributed by atoms with Crippen LogP contribution in [0.3, 0.4) is 0 Å². The van der Waals surface area contributed by atoms with Crippen LogP contribution in [-0.4, -0.2) is 59.7 Å². The Morgan fingerprint density at radius 2 is 1.77 bits per heavy atom. The van der Waals surface area contributed by atoms with Gasteiger partial charge in [0.15, 0.2) is 17.5 Å². The molecule has 1 amide bonds. The van der Waals surface area contributed by atoms with E-state index in [-0.39, 0.29) is 24.0 Å². The summed E-state index contributed by atoms with van der Waals surface area (Å²) in [5.41, 5.74) is 0.274. The van der Waals surface area contributed by atoms with E-state index in [0.717, 1.165) is 32.6 Å². The molecule has 0 spiro atoms. The van der Waals surface area contributed by atoms with Crippen molar-refractivity contribution in [3.05, 3.63) is 24.0 Å². The number of hydrogen-bond donors (Lipinski definition) is 0. The molecule has 1 atom stereocenters. The highest BCUT2D eigenvalue weighted by atomic mass is 19.4. The van der Waals surface area contributed by atoms with Crippen LogP contribution in [0.1, 0.15) is 51.1 Å². The zero-order valence-electron chi connectivity index (χ0n) is 17.3.